The number of rotatable bonds is 5. The fourth-order valence-corrected chi connectivity index (χ4v) is 7.01. The number of carboxylic acid groups (broad SMARTS) is 1. The minimum atomic E-state index is -0.730. The monoisotopic (exact) mass is 482 g/mol. The summed E-state index contributed by atoms with van der Waals surface area (Å²) in [4.78, 5) is 15.7. The summed E-state index contributed by atoms with van der Waals surface area (Å²) in [6.07, 6.45) is 4.31. The van der Waals surface area contributed by atoms with Gasteiger partial charge >= 0.3 is 5.97 Å². The van der Waals surface area contributed by atoms with Crippen LogP contribution in [-0.4, -0.2) is 53.8 Å². The number of carbonyl (C=O) groups is 1. The van der Waals surface area contributed by atoms with Crippen molar-refractivity contribution in [3.8, 4) is 5.75 Å². The van der Waals surface area contributed by atoms with Crippen LogP contribution in [0.1, 0.15) is 53.4 Å². The maximum absolute atomic E-state index is 11.2. The molecule has 186 valence electrons. The second-order valence-corrected chi connectivity index (χ2v) is 11.1. The van der Waals surface area contributed by atoms with Gasteiger partial charge in [0.25, 0.3) is 0 Å². The Morgan fingerprint density at radius 3 is 2.47 bits per heavy atom. The predicted octanol–water partition coefficient (Wildman–Crippen LogP) is 5.24. The van der Waals surface area contributed by atoms with Crippen molar-refractivity contribution < 1.29 is 15.0 Å². The zero-order valence-electron chi connectivity index (χ0n) is 20.6. The highest BCUT2D eigenvalue weighted by Crippen LogP contribution is 2.48. The van der Waals surface area contributed by atoms with Crippen LogP contribution in [0.5, 0.6) is 5.75 Å². The van der Waals surface area contributed by atoms with E-state index in [1.165, 1.54) is 34.4 Å². The summed E-state index contributed by atoms with van der Waals surface area (Å²) in [5.74, 6) is 0.282. The van der Waals surface area contributed by atoms with Gasteiger partial charge in [-0.15, -0.1) is 0 Å². The molecule has 2 N–H and O–H groups in total. The predicted molar refractivity (Wildman–Crippen MR) is 142 cm³/mol. The number of phenolic OH excluding ortho intramolecular Hbond substituents is 1. The van der Waals surface area contributed by atoms with Crippen molar-refractivity contribution >= 4 is 11.7 Å². The van der Waals surface area contributed by atoms with E-state index in [1.807, 2.05) is 12.1 Å². The summed E-state index contributed by atoms with van der Waals surface area (Å²) in [7, 11) is 0. The molecule has 3 aromatic carbocycles. The van der Waals surface area contributed by atoms with Gasteiger partial charge in [0.05, 0.1) is 6.54 Å². The molecule has 1 aliphatic carbocycles. The summed E-state index contributed by atoms with van der Waals surface area (Å²) in [5.41, 5.74) is 6.75. The average Bonchev–Trinajstić information content (AvgIpc) is 2.87. The van der Waals surface area contributed by atoms with Crippen LogP contribution in [0.15, 0.2) is 72.8 Å². The molecule has 3 aromatic rings. The smallest absolute Gasteiger partial charge is 0.317 e. The van der Waals surface area contributed by atoms with Crippen LogP contribution in [0.2, 0.25) is 0 Å². The van der Waals surface area contributed by atoms with E-state index >= 15 is 0 Å². The molecule has 2 fully saturated rings. The van der Waals surface area contributed by atoms with E-state index in [9.17, 15) is 15.0 Å². The number of aryl methyl sites for hydroxylation is 1. The van der Waals surface area contributed by atoms with Gasteiger partial charge in [-0.05, 0) is 84.7 Å². The van der Waals surface area contributed by atoms with E-state index in [0.29, 0.717) is 11.7 Å². The SMILES string of the molecule is O=C(O)CN1CCCC2(C1)CN(c1ccc([C@@H]3c4ccc(O)cc4CC[C@@H]3c3ccccc3)cc1)C2. The van der Waals surface area contributed by atoms with Crippen molar-refractivity contribution in [1.29, 1.82) is 0 Å². The van der Waals surface area contributed by atoms with Gasteiger partial charge < -0.3 is 15.1 Å². The van der Waals surface area contributed by atoms with E-state index in [-0.39, 0.29) is 17.9 Å². The van der Waals surface area contributed by atoms with Crippen LogP contribution in [0, 0.1) is 5.41 Å². The molecular weight excluding hydrogens is 448 g/mol. The van der Waals surface area contributed by atoms with Crippen LogP contribution in [0.25, 0.3) is 0 Å². The molecule has 1 spiro atoms. The maximum Gasteiger partial charge on any atom is 0.317 e. The topological polar surface area (TPSA) is 64.0 Å². The van der Waals surface area contributed by atoms with Crippen LogP contribution in [0.3, 0.4) is 0 Å². The minimum Gasteiger partial charge on any atom is -0.508 e. The number of aliphatic carboxylic acids is 1. The highest BCUT2D eigenvalue weighted by atomic mass is 16.4. The third-order valence-corrected chi connectivity index (χ3v) is 8.59. The number of hydrogen-bond acceptors (Lipinski definition) is 4. The normalized spacial score (nSPS) is 23.2. The first-order chi connectivity index (χ1) is 17.5. The molecule has 0 saturated carbocycles. The molecule has 0 radical (unpaired) electrons. The van der Waals surface area contributed by atoms with Gasteiger partial charge in [-0.2, -0.15) is 0 Å². The molecule has 6 rings (SSSR count). The molecule has 2 saturated heterocycles. The zero-order chi connectivity index (χ0) is 24.7. The number of phenols is 1. The standard InChI is InChI=1S/C31H34N2O3/c34-26-12-14-28-24(17-26)9-13-27(22-5-2-1-3-6-22)30(28)23-7-10-25(11-8-23)33-20-31(21-33)15-4-16-32(19-31)18-29(35)36/h1-3,5-8,10-12,14,17,27,30,34H,4,9,13,15-16,18-21H2,(H,35,36)/t27-,30+/m1/s1. The van der Waals surface area contributed by atoms with Crippen molar-refractivity contribution in [2.24, 2.45) is 5.41 Å². The van der Waals surface area contributed by atoms with E-state index in [0.717, 1.165) is 45.4 Å². The lowest BCUT2D eigenvalue weighted by atomic mass is 9.69. The molecule has 5 nitrogen and oxygen atoms in total. The second kappa shape index (κ2) is 9.29. The molecule has 0 amide bonds. The van der Waals surface area contributed by atoms with Gasteiger partial charge in [0.1, 0.15) is 5.75 Å². The van der Waals surface area contributed by atoms with Crippen molar-refractivity contribution in [3.05, 3.63) is 95.1 Å². The van der Waals surface area contributed by atoms with Crippen LogP contribution in [-0.2, 0) is 11.2 Å². The highest BCUT2D eigenvalue weighted by molar-refractivity contribution is 5.69. The number of anilines is 1. The van der Waals surface area contributed by atoms with Crippen LogP contribution >= 0.6 is 0 Å². The Labute approximate surface area is 213 Å². The fourth-order valence-electron chi connectivity index (χ4n) is 7.01. The minimum absolute atomic E-state index is 0.152. The highest BCUT2D eigenvalue weighted by Gasteiger charge is 2.46. The molecule has 3 aliphatic rings. The van der Waals surface area contributed by atoms with Gasteiger partial charge in [-0.25, -0.2) is 0 Å². The van der Waals surface area contributed by atoms with Crippen LogP contribution < -0.4 is 4.90 Å². The molecular formula is C31H34N2O3. The molecule has 0 unspecified atom stereocenters. The van der Waals surface area contributed by atoms with Gasteiger partial charge in [-0.1, -0.05) is 48.5 Å². The number of piperidine rings is 1. The average molecular weight is 483 g/mol. The Morgan fingerprint density at radius 2 is 1.72 bits per heavy atom. The Balaban J connectivity index is 1.23. The molecule has 2 atom stereocenters. The third-order valence-electron chi connectivity index (χ3n) is 8.59. The first-order valence-electron chi connectivity index (χ1n) is 13.2. The number of carboxylic acids is 1. The lowest BCUT2D eigenvalue weighted by Gasteiger charge is -2.55. The number of benzene rings is 3. The molecule has 2 heterocycles. The third kappa shape index (κ3) is 4.37. The molecule has 36 heavy (non-hydrogen) atoms. The zero-order valence-corrected chi connectivity index (χ0v) is 20.6. The van der Waals surface area contributed by atoms with E-state index < -0.39 is 5.97 Å². The van der Waals surface area contributed by atoms with Gasteiger partial charge in [0, 0.05) is 36.7 Å². The first-order valence-corrected chi connectivity index (χ1v) is 13.2. The number of fused-ring (bicyclic) bond motifs is 1. The first kappa shape index (κ1) is 23.1. The summed E-state index contributed by atoms with van der Waals surface area (Å²) >= 11 is 0. The molecule has 0 aromatic heterocycles. The summed E-state index contributed by atoms with van der Waals surface area (Å²) < 4.78 is 0. The number of nitrogens with zero attached hydrogens (tertiary/aromatic N) is 2. The van der Waals surface area contributed by atoms with Gasteiger partial charge in [0.15, 0.2) is 0 Å². The van der Waals surface area contributed by atoms with Crippen molar-refractivity contribution in [2.45, 2.75) is 37.5 Å². The van der Waals surface area contributed by atoms with E-state index in [4.69, 9.17) is 0 Å². The Kier molecular flexibility index (Phi) is 5.96. The molecule has 2 aliphatic heterocycles. The number of likely N-dealkylation sites (tertiary alicyclic amines) is 1. The number of aromatic hydroxyl groups is 1. The van der Waals surface area contributed by atoms with E-state index in [1.54, 1.807) is 0 Å². The molecule has 5 heteroatoms. The summed E-state index contributed by atoms with van der Waals surface area (Å²) in [6, 6.07) is 25.8. The van der Waals surface area contributed by atoms with Crippen molar-refractivity contribution in [1.82, 2.24) is 4.90 Å². The lowest BCUT2D eigenvalue weighted by Crippen LogP contribution is -2.63. The Bertz CT molecular complexity index is 1230. The largest absolute Gasteiger partial charge is 0.508 e. The summed E-state index contributed by atoms with van der Waals surface area (Å²) in [6.45, 7) is 3.94. The van der Waals surface area contributed by atoms with E-state index in [2.05, 4.69) is 70.5 Å². The van der Waals surface area contributed by atoms with Gasteiger partial charge in [-0.3, -0.25) is 9.69 Å². The van der Waals surface area contributed by atoms with Crippen molar-refractivity contribution in [3.63, 3.8) is 0 Å². The van der Waals surface area contributed by atoms with Crippen LogP contribution in [0.4, 0.5) is 5.69 Å². The number of hydrogen-bond donors (Lipinski definition) is 2. The van der Waals surface area contributed by atoms with Gasteiger partial charge in [0.2, 0.25) is 0 Å². The van der Waals surface area contributed by atoms with Crippen molar-refractivity contribution in [2.75, 3.05) is 37.6 Å². The summed E-state index contributed by atoms with van der Waals surface area (Å²) in [5, 5.41) is 19.3. The Hall–Kier alpha value is -3.31. The second-order valence-electron chi connectivity index (χ2n) is 11.1. The fraction of sp³-hybridized carbons (Fsp3) is 0.387. The molecule has 0 bridgehead atoms. The Morgan fingerprint density at radius 1 is 0.944 bits per heavy atom. The lowest BCUT2D eigenvalue weighted by molar-refractivity contribution is -0.139. The maximum atomic E-state index is 11.2. The quantitative estimate of drug-likeness (QED) is 0.521.